The molecule has 0 radical (unpaired) electrons. The van der Waals surface area contributed by atoms with Crippen LogP contribution in [0.2, 0.25) is 0 Å². The Morgan fingerprint density at radius 2 is 2.00 bits per heavy atom. The predicted octanol–water partition coefficient (Wildman–Crippen LogP) is 2.22. The molecule has 0 unspecified atom stereocenters. The summed E-state index contributed by atoms with van der Waals surface area (Å²) in [6, 6.07) is 2.28. The second kappa shape index (κ2) is 5.44. The number of benzene rings is 1. The van der Waals surface area contributed by atoms with Gasteiger partial charge in [-0.05, 0) is 49.5 Å². The summed E-state index contributed by atoms with van der Waals surface area (Å²) in [4.78, 5) is 11.4. The molecule has 0 aromatic heterocycles. The summed E-state index contributed by atoms with van der Waals surface area (Å²) in [5.41, 5.74) is 0.335. The van der Waals surface area contributed by atoms with E-state index in [9.17, 15) is 13.6 Å². The van der Waals surface area contributed by atoms with E-state index in [1.807, 2.05) is 0 Å². The van der Waals surface area contributed by atoms with Gasteiger partial charge in [0.25, 0.3) is 0 Å². The van der Waals surface area contributed by atoms with E-state index in [4.69, 9.17) is 0 Å². The molecule has 1 aromatic carbocycles. The molecule has 1 aliphatic rings. The number of hydrogen-bond donors (Lipinski definition) is 1. The summed E-state index contributed by atoms with van der Waals surface area (Å²) in [5, 5.41) is 3.16. The monoisotopic (exact) mass is 255 g/mol. The number of carbonyl (C=O) groups excluding carboxylic acids is 1. The first-order valence-corrected chi connectivity index (χ1v) is 5.91. The van der Waals surface area contributed by atoms with Gasteiger partial charge in [-0.1, -0.05) is 0 Å². The molecule has 0 spiro atoms. The zero-order chi connectivity index (χ0) is 13.1. The average molecular weight is 255 g/mol. The molecular weight excluding hydrogens is 240 g/mol. The summed E-state index contributed by atoms with van der Waals surface area (Å²) >= 11 is 0. The maximum Gasteiger partial charge on any atom is 0.337 e. The molecule has 5 heteroatoms. The van der Waals surface area contributed by atoms with Crippen LogP contribution in [0.1, 0.15) is 34.7 Å². The van der Waals surface area contributed by atoms with Gasteiger partial charge in [-0.25, -0.2) is 13.6 Å². The van der Waals surface area contributed by atoms with Crippen LogP contribution < -0.4 is 5.32 Å². The van der Waals surface area contributed by atoms with Crippen molar-refractivity contribution in [2.75, 3.05) is 20.2 Å². The summed E-state index contributed by atoms with van der Waals surface area (Å²) < 4.78 is 31.8. The van der Waals surface area contributed by atoms with E-state index in [1.165, 1.54) is 13.2 Å². The fourth-order valence-corrected chi connectivity index (χ4v) is 2.28. The van der Waals surface area contributed by atoms with Crippen LogP contribution in [-0.2, 0) is 4.74 Å². The van der Waals surface area contributed by atoms with Gasteiger partial charge in [-0.2, -0.15) is 0 Å². The third-order valence-corrected chi connectivity index (χ3v) is 3.26. The number of halogens is 2. The highest BCUT2D eigenvalue weighted by molar-refractivity contribution is 5.89. The highest BCUT2D eigenvalue weighted by atomic mass is 19.2. The molecular formula is C13H15F2NO2. The SMILES string of the molecule is COC(=O)c1cc(F)c(F)c(C2CCNCC2)c1. The van der Waals surface area contributed by atoms with Crippen LogP contribution in [0.25, 0.3) is 0 Å². The molecule has 1 aromatic rings. The average Bonchev–Trinajstić information content (AvgIpc) is 2.41. The number of nitrogens with one attached hydrogen (secondary N) is 1. The zero-order valence-electron chi connectivity index (χ0n) is 10.1. The Morgan fingerprint density at radius 1 is 1.33 bits per heavy atom. The first-order chi connectivity index (χ1) is 8.63. The minimum atomic E-state index is -0.994. The van der Waals surface area contributed by atoms with Crippen LogP contribution in [-0.4, -0.2) is 26.2 Å². The zero-order valence-corrected chi connectivity index (χ0v) is 10.1. The van der Waals surface area contributed by atoms with Gasteiger partial charge in [-0.15, -0.1) is 0 Å². The van der Waals surface area contributed by atoms with Crippen LogP contribution in [0.3, 0.4) is 0 Å². The van der Waals surface area contributed by atoms with Crippen molar-refractivity contribution < 1.29 is 18.3 Å². The Morgan fingerprint density at radius 3 is 2.61 bits per heavy atom. The minimum absolute atomic E-state index is 0.0506. The van der Waals surface area contributed by atoms with Gasteiger partial charge in [0, 0.05) is 0 Å². The number of esters is 1. The van der Waals surface area contributed by atoms with E-state index in [0.29, 0.717) is 0 Å². The molecule has 1 heterocycles. The van der Waals surface area contributed by atoms with Crippen LogP contribution >= 0.6 is 0 Å². The number of hydrogen-bond acceptors (Lipinski definition) is 3. The third kappa shape index (κ3) is 2.51. The number of piperidine rings is 1. The van der Waals surface area contributed by atoms with Crippen molar-refractivity contribution in [1.82, 2.24) is 5.32 Å². The van der Waals surface area contributed by atoms with Gasteiger partial charge in [0.15, 0.2) is 11.6 Å². The molecule has 3 nitrogen and oxygen atoms in total. The van der Waals surface area contributed by atoms with Crippen molar-refractivity contribution in [1.29, 1.82) is 0 Å². The van der Waals surface area contributed by atoms with Crippen molar-refractivity contribution in [2.45, 2.75) is 18.8 Å². The molecule has 1 saturated heterocycles. The number of ether oxygens (including phenoxy) is 1. The molecule has 0 aliphatic carbocycles. The highest BCUT2D eigenvalue weighted by Gasteiger charge is 2.23. The second-order valence-electron chi connectivity index (χ2n) is 4.38. The predicted molar refractivity (Wildman–Crippen MR) is 62.5 cm³/mol. The van der Waals surface area contributed by atoms with Crippen LogP contribution in [0, 0.1) is 11.6 Å². The normalized spacial score (nSPS) is 16.6. The van der Waals surface area contributed by atoms with E-state index in [0.717, 1.165) is 32.0 Å². The Kier molecular flexibility index (Phi) is 3.91. The van der Waals surface area contributed by atoms with E-state index in [2.05, 4.69) is 10.1 Å². The smallest absolute Gasteiger partial charge is 0.337 e. The van der Waals surface area contributed by atoms with Crippen molar-refractivity contribution in [3.8, 4) is 0 Å². The Labute approximate surface area is 104 Å². The first-order valence-electron chi connectivity index (χ1n) is 5.91. The quantitative estimate of drug-likeness (QED) is 0.823. The molecule has 1 fully saturated rings. The summed E-state index contributed by atoms with van der Waals surface area (Å²) in [7, 11) is 1.22. The van der Waals surface area contributed by atoms with E-state index in [-0.39, 0.29) is 17.0 Å². The third-order valence-electron chi connectivity index (χ3n) is 3.26. The molecule has 98 valence electrons. The number of carbonyl (C=O) groups is 1. The van der Waals surface area contributed by atoms with E-state index >= 15 is 0 Å². The van der Waals surface area contributed by atoms with Gasteiger partial charge < -0.3 is 10.1 Å². The van der Waals surface area contributed by atoms with Crippen molar-refractivity contribution >= 4 is 5.97 Å². The fourth-order valence-electron chi connectivity index (χ4n) is 2.28. The van der Waals surface area contributed by atoms with Crippen molar-refractivity contribution in [3.63, 3.8) is 0 Å². The lowest BCUT2D eigenvalue weighted by molar-refractivity contribution is 0.0600. The van der Waals surface area contributed by atoms with Gasteiger partial charge >= 0.3 is 5.97 Å². The van der Waals surface area contributed by atoms with Crippen LogP contribution in [0.4, 0.5) is 8.78 Å². The molecule has 0 atom stereocenters. The van der Waals surface area contributed by atoms with Crippen molar-refractivity contribution in [2.24, 2.45) is 0 Å². The molecule has 18 heavy (non-hydrogen) atoms. The minimum Gasteiger partial charge on any atom is -0.465 e. The number of rotatable bonds is 2. The van der Waals surface area contributed by atoms with Crippen molar-refractivity contribution in [3.05, 3.63) is 34.9 Å². The second-order valence-corrected chi connectivity index (χ2v) is 4.38. The number of methoxy groups -OCH3 is 1. The summed E-state index contributed by atoms with van der Waals surface area (Å²) in [6.07, 6.45) is 1.47. The molecule has 0 amide bonds. The Bertz CT molecular complexity index is 457. The Hall–Kier alpha value is -1.49. The van der Waals surface area contributed by atoms with Crippen LogP contribution in [0.5, 0.6) is 0 Å². The summed E-state index contributed by atoms with van der Waals surface area (Å²) in [5.74, 6) is -2.55. The lowest BCUT2D eigenvalue weighted by Crippen LogP contribution is -2.27. The largest absolute Gasteiger partial charge is 0.465 e. The highest BCUT2D eigenvalue weighted by Crippen LogP contribution is 2.29. The van der Waals surface area contributed by atoms with Gasteiger partial charge in [0.1, 0.15) is 0 Å². The van der Waals surface area contributed by atoms with Gasteiger partial charge in [0.2, 0.25) is 0 Å². The molecule has 0 bridgehead atoms. The standard InChI is InChI=1S/C13H15F2NO2/c1-18-13(17)9-6-10(12(15)11(14)7-9)8-2-4-16-5-3-8/h6-8,16H,2-5H2,1H3. The molecule has 0 saturated carbocycles. The first kappa shape index (κ1) is 13.0. The van der Waals surface area contributed by atoms with E-state index < -0.39 is 17.6 Å². The van der Waals surface area contributed by atoms with Gasteiger partial charge in [-0.3, -0.25) is 0 Å². The topological polar surface area (TPSA) is 38.3 Å². The Balaban J connectivity index is 2.38. The maximum atomic E-state index is 13.8. The van der Waals surface area contributed by atoms with Crippen LogP contribution in [0.15, 0.2) is 12.1 Å². The molecule has 1 N–H and O–H groups in total. The molecule has 2 rings (SSSR count). The lowest BCUT2D eigenvalue weighted by Gasteiger charge is -2.23. The molecule has 1 aliphatic heterocycles. The summed E-state index contributed by atoms with van der Waals surface area (Å²) in [6.45, 7) is 1.54. The maximum absolute atomic E-state index is 13.8. The lowest BCUT2D eigenvalue weighted by atomic mass is 9.89. The van der Waals surface area contributed by atoms with Gasteiger partial charge in [0.05, 0.1) is 12.7 Å². The fraction of sp³-hybridized carbons (Fsp3) is 0.462. The van der Waals surface area contributed by atoms with E-state index in [1.54, 1.807) is 0 Å².